The van der Waals surface area contributed by atoms with E-state index in [4.69, 9.17) is 0 Å². The Morgan fingerprint density at radius 2 is 2.20 bits per heavy atom. The Bertz CT molecular complexity index is 416. The molecule has 0 saturated heterocycles. The van der Waals surface area contributed by atoms with Crippen LogP contribution in [0.3, 0.4) is 0 Å². The van der Waals surface area contributed by atoms with E-state index in [0.29, 0.717) is 0 Å². The molecular formula is C12H13IN2. The first-order valence-corrected chi connectivity index (χ1v) is 6.02. The van der Waals surface area contributed by atoms with Gasteiger partial charge in [-0.25, -0.2) is 0 Å². The summed E-state index contributed by atoms with van der Waals surface area (Å²) in [6.07, 6.45) is 6.83. The third-order valence-electron chi connectivity index (χ3n) is 2.57. The predicted octanol–water partition coefficient (Wildman–Crippen LogP) is 3.40. The van der Waals surface area contributed by atoms with Gasteiger partial charge in [0.15, 0.2) is 0 Å². The van der Waals surface area contributed by atoms with E-state index in [0.717, 1.165) is 12.1 Å². The molecule has 2 nitrogen and oxygen atoms in total. The third-order valence-corrected chi connectivity index (χ3v) is 3.59. The third kappa shape index (κ3) is 2.27. The van der Waals surface area contributed by atoms with Crippen molar-refractivity contribution in [1.29, 1.82) is 0 Å². The number of hydrogen-bond acceptors (Lipinski definition) is 2. The van der Waals surface area contributed by atoms with Crippen LogP contribution in [-0.4, -0.2) is 14.6 Å². The van der Waals surface area contributed by atoms with Gasteiger partial charge in [-0.15, -0.1) is 0 Å². The molecule has 1 aromatic heterocycles. The van der Waals surface area contributed by atoms with Crippen molar-refractivity contribution in [3.05, 3.63) is 35.8 Å². The topological polar surface area (TPSA) is 25.2 Å². The molecule has 0 aliphatic carbocycles. The SMILES string of the molecule is Cc1ccc(C2=CN=CC[C@]2(C)I)cn1. The fraction of sp³-hybridized carbons (Fsp3) is 0.333. The highest BCUT2D eigenvalue weighted by atomic mass is 127. The van der Waals surface area contributed by atoms with Gasteiger partial charge in [0.2, 0.25) is 0 Å². The Labute approximate surface area is 104 Å². The van der Waals surface area contributed by atoms with Gasteiger partial charge in [-0.3, -0.25) is 9.98 Å². The molecule has 0 spiro atoms. The second-order valence-electron chi connectivity index (χ2n) is 3.96. The summed E-state index contributed by atoms with van der Waals surface area (Å²) >= 11 is 2.48. The number of aromatic nitrogens is 1. The lowest BCUT2D eigenvalue weighted by molar-refractivity contribution is 0.888. The molecule has 0 fully saturated rings. The lowest BCUT2D eigenvalue weighted by Gasteiger charge is -2.26. The highest BCUT2D eigenvalue weighted by molar-refractivity contribution is 14.1. The normalized spacial score (nSPS) is 25.1. The second kappa shape index (κ2) is 4.04. The fourth-order valence-corrected chi connectivity index (χ4v) is 2.25. The van der Waals surface area contributed by atoms with E-state index in [1.54, 1.807) is 0 Å². The second-order valence-corrected chi connectivity index (χ2v) is 6.35. The summed E-state index contributed by atoms with van der Waals surface area (Å²) in [5, 5.41) is 0. The van der Waals surface area contributed by atoms with Crippen molar-refractivity contribution in [2.24, 2.45) is 4.99 Å². The highest BCUT2D eigenvalue weighted by Crippen LogP contribution is 2.39. The molecule has 78 valence electrons. The number of aryl methyl sites for hydroxylation is 1. The molecule has 1 aromatic rings. The summed E-state index contributed by atoms with van der Waals surface area (Å²) in [6.45, 7) is 4.23. The minimum absolute atomic E-state index is 0.135. The molecule has 2 heterocycles. The van der Waals surface area contributed by atoms with Crippen LogP contribution >= 0.6 is 22.6 Å². The molecule has 1 aliphatic rings. The summed E-state index contributed by atoms with van der Waals surface area (Å²) < 4.78 is 0.135. The van der Waals surface area contributed by atoms with E-state index in [1.807, 2.05) is 31.6 Å². The van der Waals surface area contributed by atoms with Crippen LogP contribution < -0.4 is 0 Å². The van der Waals surface area contributed by atoms with Crippen LogP contribution in [0.4, 0.5) is 0 Å². The van der Waals surface area contributed by atoms with Crippen LogP contribution in [0.15, 0.2) is 29.5 Å². The van der Waals surface area contributed by atoms with Crippen molar-refractivity contribution in [3.63, 3.8) is 0 Å². The maximum absolute atomic E-state index is 4.32. The number of halogens is 1. The monoisotopic (exact) mass is 312 g/mol. The first kappa shape index (κ1) is 10.8. The number of pyridine rings is 1. The number of aliphatic imine (C=N–C) groups is 1. The molecule has 1 aliphatic heterocycles. The van der Waals surface area contributed by atoms with Crippen LogP contribution in [0.25, 0.3) is 5.57 Å². The van der Waals surface area contributed by atoms with Gasteiger partial charge in [0, 0.05) is 30.7 Å². The predicted molar refractivity (Wildman–Crippen MR) is 72.5 cm³/mol. The van der Waals surface area contributed by atoms with E-state index in [9.17, 15) is 0 Å². The maximum atomic E-state index is 4.32. The minimum Gasteiger partial charge on any atom is -0.269 e. The number of hydrogen-bond donors (Lipinski definition) is 0. The number of nitrogens with zero attached hydrogens (tertiary/aromatic N) is 2. The smallest absolute Gasteiger partial charge is 0.0513 e. The van der Waals surface area contributed by atoms with Gasteiger partial charge in [-0.1, -0.05) is 28.7 Å². The van der Waals surface area contributed by atoms with Gasteiger partial charge in [0.25, 0.3) is 0 Å². The molecule has 0 N–H and O–H groups in total. The van der Waals surface area contributed by atoms with Gasteiger partial charge in [-0.05, 0) is 31.1 Å². The molecule has 0 saturated carbocycles. The Hall–Kier alpha value is -0.710. The summed E-state index contributed by atoms with van der Waals surface area (Å²) in [7, 11) is 0. The summed E-state index contributed by atoms with van der Waals surface area (Å²) in [5.41, 5.74) is 3.49. The molecule has 2 rings (SSSR count). The van der Waals surface area contributed by atoms with Gasteiger partial charge < -0.3 is 0 Å². The molecule has 15 heavy (non-hydrogen) atoms. The number of allylic oxidation sites excluding steroid dienone is 1. The molecule has 0 bridgehead atoms. The first-order chi connectivity index (χ1) is 7.09. The summed E-state index contributed by atoms with van der Waals surface area (Å²) in [4.78, 5) is 8.56. The molecule has 0 amide bonds. The van der Waals surface area contributed by atoms with Gasteiger partial charge in [0.1, 0.15) is 0 Å². The molecule has 0 aromatic carbocycles. The van der Waals surface area contributed by atoms with E-state index < -0.39 is 0 Å². The average molecular weight is 312 g/mol. The molecular weight excluding hydrogens is 299 g/mol. The highest BCUT2D eigenvalue weighted by Gasteiger charge is 2.27. The lowest BCUT2D eigenvalue weighted by Crippen LogP contribution is -2.20. The van der Waals surface area contributed by atoms with Crippen molar-refractivity contribution in [2.75, 3.05) is 0 Å². The lowest BCUT2D eigenvalue weighted by atomic mass is 9.92. The average Bonchev–Trinajstić information content (AvgIpc) is 2.19. The summed E-state index contributed by atoms with van der Waals surface area (Å²) in [6, 6.07) is 4.16. The Morgan fingerprint density at radius 3 is 2.80 bits per heavy atom. The maximum Gasteiger partial charge on any atom is 0.0513 e. The zero-order valence-electron chi connectivity index (χ0n) is 8.87. The minimum atomic E-state index is 0.135. The zero-order valence-corrected chi connectivity index (χ0v) is 11.0. The van der Waals surface area contributed by atoms with Crippen molar-refractivity contribution in [1.82, 2.24) is 4.98 Å². The fourth-order valence-electron chi connectivity index (χ4n) is 1.60. The molecule has 0 unspecified atom stereocenters. The van der Waals surface area contributed by atoms with Crippen molar-refractivity contribution in [2.45, 2.75) is 23.7 Å². The van der Waals surface area contributed by atoms with E-state index in [-0.39, 0.29) is 3.42 Å². The van der Waals surface area contributed by atoms with Crippen molar-refractivity contribution >= 4 is 34.4 Å². The van der Waals surface area contributed by atoms with Gasteiger partial charge >= 0.3 is 0 Å². The first-order valence-electron chi connectivity index (χ1n) is 4.94. The van der Waals surface area contributed by atoms with E-state index >= 15 is 0 Å². The quantitative estimate of drug-likeness (QED) is 0.576. The molecule has 1 atom stereocenters. The van der Waals surface area contributed by atoms with Crippen molar-refractivity contribution in [3.8, 4) is 0 Å². The Morgan fingerprint density at radius 1 is 1.40 bits per heavy atom. The number of rotatable bonds is 1. The molecule has 0 radical (unpaired) electrons. The Balaban J connectivity index is 2.41. The van der Waals surface area contributed by atoms with Crippen LogP contribution in [0.2, 0.25) is 0 Å². The van der Waals surface area contributed by atoms with Gasteiger partial charge in [0.05, 0.1) is 3.42 Å². The number of alkyl halides is 1. The zero-order chi connectivity index (χ0) is 10.9. The van der Waals surface area contributed by atoms with E-state index in [2.05, 4.69) is 45.6 Å². The van der Waals surface area contributed by atoms with Crippen molar-refractivity contribution < 1.29 is 0 Å². The van der Waals surface area contributed by atoms with E-state index in [1.165, 1.54) is 11.1 Å². The van der Waals surface area contributed by atoms with Crippen LogP contribution in [-0.2, 0) is 0 Å². The van der Waals surface area contributed by atoms with Crippen LogP contribution in [0.1, 0.15) is 24.6 Å². The largest absolute Gasteiger partial charge is 0.269 e. The van der Waals surface area contributed by atoms with Crippen LogP contribution in [0, 0.1) is 6.92 Å². The summed E-state index contributed by atoms with van der Waals surface area (Å²) in [5.74, 6) is 0. The molecule has 3 heteroatoms. The van der Waals surface area contributed by atoms with Gasteiger partial charge in [-0.2, -0.15) is 0 Å². The van der Waals surface area contributed by atoms with Crippen LogP contribution in [0.5, 0.6) is 0 Å². The Kier molecular flexibility index (Phi) is 2.91. The standard InChI is InChI=1S/C12H13IN2/c1-9-3-4-10(7-15-9)11-8-14-6-5-12(11,2)13/h3-4,6-8H,5H2,1-2H3/t12-/m0/s1.